The van der Waals surface area contributed by atoms with E-state index in [4.69, 9.17) is 0 Å². The van der Waals surface area contributed by atoms with Gasteiger partial charge in [-0.3, -0.25) is 4.79 Å². The van der Waals surface area contributed by atoms with E-state index in [-0.39, 0.29) is 29.1 Å². The number of carbonyl (C=O) groups is 1. The number of alkyl halides is 2. The predicted octanol–water partition coefficient (Wildman–Crippen LogP) is 2.81. The lowest BCUT2D eigenvalue weighted by atomic mass is 10.3. The Morgan fingerprint density at radius 3 is 2.70 bits per heavy atom. The molecule has 0 saturated heterocycles. The summed E-state index contributed by atoms with van der Waals surface area (Å²) in [7, 11) is 0. The fourth-order valence-corrected chi connectivity index (χ4v) is 2.44. The van der Waals surface area contributed by atoms with Crippen LogP contribution in [0.5, 0.6) is 5.75 Å². The van der Waals surface area contributed by atoms with Crippen LogP contribution in [0, 0.1) is 6.92 Å². The lowest BCUT2D eigenvalue weighted by Crippen LogP contribution is -2.38. The minimum Gasteiger partial charge on any atom is -0.433 e. The van der Waals surface area contributed by atoms with Crippen LogP contribution in [0.15, 0.2) is 6.07 Å². The summed E-state index contributed by atoms with van der Waals surface area (Å²) in [5, 5.41) is 5.84. The molecule has 1 aromatic heterocycles. The Labute approximate surface area is 127 Å². The van der Waals surface area contributed by atoms with Crippen molar-refractivity contribution in [3.05, 3.63) is 15.8 Å². The summed E-state index contributed by atoms with van der Waals surface area (Å²) in [4.78, 5) is 12.8. The Hall–Kier alpha value is -0.920. The van der Waals surface area contributed by atoms with Crippen LogP contribution < -0.4 is 15.4 Å². The number of aryl methyl sites for hydroxylation is 1. The zero-order valence-electron chi connectivity index (χ0n) is 11.5. The average molecular weight is 329 g/mol. The van der Waals surface area contributed by atoms with Gasteiger partial charge in [0.05, 0.1) is 0 Å². The second-order valence-corrected chi connectivity index (χ2v) is 5.35. The first-order valence-electron chi connectivity index (χ1n) is 6.00. The van der Waals surface area contributed by atoms with Gasteiger partial charge in [-0.2, -0.15) is 8.78 Å². The molecule has 0 saturated carbocycles. The molecular weight excluding hydrogens is 310 g/mol. The van der Waals surface area contributed by atoms with Gasteiger partial charge in [0.15, 0.2) is 0 Å². The molecule has 4 nitrogen and oxygen atoms in total. The number of hydrogen-bond donors (Lipinski definition) is 2. The Morgan fingerprint density at radius 1 is 1.50 bits per heavy atom. The number of hydrogen-bond acceptors (Lipinski definition) is 4. The molecule has 0 spiro atoms. The average Bonchev–Trinajstić information content (AvgIpc) is 2.66. The van der Waals surface area contributed by atoms with Gasteiger partial charge in [0.1, 0.15) is 10.6 Å². The third-order valence-electron chi connectivity index (χ3n) is 2.36. The van der Waals surface area contributed by atoms with Crippen LogP contribution in [0.3, 0.4) is 0 Å². The molecule has 0 aliphatic rings. The van der Waals surface area contributed by atoms with Crippen molar-refractivity contribution in [3.63, 3.8) is 0 Å². The second kappa shape index (κ2) is 9.10. The molecule has 1 heterocycles. The van der Waals surface area contributed by atoms with Gasteiger partial charge in [0.25, 0.3) is 5.91 Å². The van der Waals surface area contributed by atoms with E-state index in [2.05, 4.69) is 15.4 Å². The first kappa shape index (κ1) is 19.1. The number of nitrogens with one attached hydrogen (secondary N) is 2. The highest BCUT2D eigenvalue weighted by Gasteiger charge is 2.19. The van der Waals surface area contributed by atoms with E-state index in [1.165, 1.54) is 6.07 Å². The van der Waals surface area contributed by atoms with Crippen molar-refractivity contribution in [1.29, 1.82) is 0 Å². The smallest absolute Gasteiger partial charge is 0.387 e. The first-order chi connectivity index (χ1) is 8.93. The number of likely N-dealkylation sites (N-methyl/N-ethyl adjacent to an activating group) is 1. The summed E-state index contributed by atoms with van der Waals surface area (Å²) < 4.78 is 28.8. The molecule has 116 valence electrons. The summed E-state index contributed by atoms with van der Waals surface area (Å²) in [5.41, 5.74) is 0. The van der Waals surface area contributed by atoms with Crippen LogP contribution >= 0.6 is 23.7 Å². The summed E-state index contributed by atoms with van der Waals surface area (Å²) in [6.07, 6.45) is 0. The third kappa shape index (κ3) is 6.02. The summed E-state index contributed by atoms with van der Waals surface area (Å²) >= 11 is 1.14. The van der Waals surface area contributed by atoms with Crippen molar-refractivity contribution in [2.45, 2.75) is 33.4 Å². The van der Waals surface area contributed by atoms with Gasteiger partial charge in [0, 0.05) is 17.5 Å². The van der Waals surface area contributed by atoms with Gasteiger partial charge in [0.2, 0.25) is 0 Å². The fraction of sp³-hybridized carbons (Fsp3) is 0.583. The zero-order chi connectivity index (χ0) is 14.4. The number of rotatable bonds is 7. The predicted molar refractivity (Wildman–Crippen MR) is 78.4 cm³/mol. The molecule has 8 heteroatoms. The van der Waals surface area contributed by atoms with E-state index >= 15 is 0 Å². The van der Waals surface area contributed by atoms with E-state index in [0.717, 1.165) is 22.8 Å². The summed E-state index contributed by atoms with van der Waals surface area (Å²) in [6, 6.07) is 1.56. The molecule has 1 amide bonds. The molecule has 20 heavy (non-hydrogen) atoms. The Balaban J connectivity index is 0.00000361. The molecule has 1 rings (SSSR count). The lowest BCUT2D eigenvalue weighted by molar-refractivity contribution is -0.0498. The topological polar surface area (TPSA) is 50.4 Å². The highest BCUT2D eigenvalue weighted by atomic mass is 35.5. The number of ether oxygens (including phenoxy) is 1. The van der Waals surface area contributed by atoms with E-state index in [9.17, 15) is 13.6 Å². The molecule has 0 unspecified atom stereocenters. The Bertz CT molecular complexity index is 430. The van der Waals surface area contributed by atoms with E-state index < -0.39 is 12.5 Å². The van der Waals surface area contributed by atoms with Crippen molar-refractivity contribution < 1.29 is 18.3 Å². The second-order valence-electron chi connectivity index (χ2n) is 4.10. The largest absolute Gasteiger partial charge is 0.433 e. The van der Waals surface area contributed by atoms with Crippen LogP contribution in [0.2, 0.25) is 0 Å². The van der Waals surface area contributed by atoms with Crippen molar-refractivity contribution in [2.24, 2.45) is 0 Å². The number of amides is 1. The van der Waals surface area contributed by atoms with Crippen LogP contribution in [-0.2, 0) is 0 Å². The van der Waals surface area contributed by atoms with Crippen molar-refractivity contribution >= 4 is 29.7 Å². The van der Waals surface area contributed by atoms with Gasteiger partial charge in [-0.1, -0.05) is 6.92 Å². The van der Waals surface area contributed by atoms with Gasteiger partial charge in [-0.25, -0.2) is 0 Å². The van der Waals surface area contributed by atoms with Gasteiger partial charge < -0.3 is 15.4 Å². The van der Waals surface area contributed by atoms with Crippen molar-refractivity contribution in [2.75, 3.05) is 13.1 Å². The van der Waals surface area contributed by atoms with Crippen molar-refractivity contribution in [3.8, 4) is 5.75 Å². The number of thiophene rings is 1. The molecule has 0 fully saturated rings. The lowest BCUT2D eigenvalue weighted by Gasteiger charge is -2.13. The molecule has 2 N–H and O–H groups in total. The molecule has 1 aromatic rings. The quantitative estimate of drug-likeness (QED) is 0.809. The van der Waals surface area contributed by atoms with Gasteiger partial charge in [-0.05, 0) is 26.5 Å². The third-order valence-corrected chi connectivity index (χ3v) is 3.40. The minimum atomic E-state index is -2.93. The maximum Gasteiger partial charge on any atom is 0.387 e. The number of carbonyl (C=O) groups excluding carboxylic acids is 1. The molecular formula is C12H19ClF2N2O2S. The Kier molecular flexibility index (Phi) is 8.68. The van der Waals surface area contributed by atoms with E-state index in [1.54, 1.807) is 6.92 Å². The molecule has 0 aliphatic heterocycles. The van der Waals surface area contributed by atoms with Crippen LogP contribution in [-0.4, -0.2) is 31.7 Å². The SMILES string of the molecule is CCN[C@H](C)CNC(=O)c1sc(C)cc1OC(F)F.Cl. The standard InChI is InChI=1S/C12H18F2N2O2S.ClH/c1-4-15-7(2)6-16-11(17)10-9(18-12(13)14)5-8(3)19-10;/h5,7,12,15H,4,6H2,1-3H3,(H,16,17);1H/t7-;/m1./s1. The van der Waals surface area contributed by atoms with Gasteiger partial charge in [-0.15, -0.1) is 23.7 Å². The monoisotopic (exact) mass is 328 g/mol. The van der Waals surface area contributed by atoms with Gasteiger partial charge >= 0.3 is 6.61 Å². The van der Waals surface area contributed by atoms with Crippen LogP contribution in [0.4, 0.5) is 8.78 Å². The maximum atomic E-state index is 12.2. The molecule has 0 bridgehead atoms. The zero-order valence-corrected chi connectivity index (χ0v) is 13.2. The highest BCUT2D eigenvalue weighted by Crippen LogP contribution is 2.30. The molecule has 0 radical (unpaired) electrons. The molecule has 1 atom stereocenters. The Morgan fingerprint density at radius 2 is 2.15 bits per heavy atom. The maximum absolute atomic E-state index is 12.2. The highest BCUT2D eigenvalue weighted by molar-refractivity contribution is 7.14. The van der Waals surface area contributed by atoms with E-state index in [1.807, 2.05) is 13.8 Å². The van der Waals surface area contributed by atoms with Crippen LogP contribution in [0.25, 0.3) is 0 Å². The van der Waals surface area contributed by atoms with E-state index in [0.29, 0.717) is 6.54 Å². The minimum absolute atomic E-state index is 0. The molecule has 0 aliphatic carbocycles. The normalized spacial score (nSPS) is 11.9. The molecule has 0 aromatic carbocycles. The fourth-order valence-electron chi connectivity index (χ4n) is 1.58. The first-order valence-corrected chi connectivity index (χ1v) is 6.82. The van der Waals surface area contributed by atoms with Crippen LogP contribution in [0.1, 0.15) is 28.4 Å². The summed E-state index contributed by atoms with van der Waals surface area (Å²) in [5.74, 6) is -0.454. The number of halogens is 3. The van der Waals surface area contributed by atoms with Crippen molar-refractivity contribution in [1.82, 2.24) is 10.6 Å². The summed E-state index contributed by atoms with van der Waals surface area (Å²) in [6.45, 7) is 3.93.